The number of alkyl halides is 1. The zero-order chi connectivity index (χ0) is 15.2. The second-order valence-electron chi connectivity index (χ2n) is 5.32. The Bertz CT molecular complexity index is 490. The third-order valence-electron chi connectivity index (χ3n) is 3.82. The number of hydrogen-bond donors (Lipinski definition) is 1. The van der Waals surface area contributed by atoms with Crippen molar-refractivity contribution >= 4 is 21.6 Å². The molecule has 3 nitrogen and oxygen atoms in total. The molecule has 0 radical (unpaired) electrons. The molecule has 0 aromatic heterocycles. The van der Waals surface area contributed by atoms with Crippen molar-refractivity contribution in [3.05, 3.63) is 35.9 Å². The van der Waals surface area contributed by atoms with E-state index >= 15 is 0 Å². The lowest BCUT2D eigenvalue weighted by molar-refractivity contribution is 0.393. The Balaban J connectivity index is 2.80. The van der Waals surface area contributed by atoms with Crippen LogP contribution >= 0.6 is 11.6 Å². The molecule has 1 aromatic carbocycles. The van der Waals surface area contributed by atoms with Crippen molar-refractivity contribution in [2.45, 2.75) is 45.1 Å². The molecule has 20 heavy (non-hydrogen) atoms. The van der Waals surface area contributed by atoms with Crippen LogP contribution in [0.15, 0.2) is 30.3 Å². The lowest BCUT2D eigenvalue weighted by atomic mass is 9.97. The average molecular weight is 318 g/mol. The third kappa shape index (κ3) is 4.76. The number of rotatable bonds is 8. The van der Waals surface area contributed by atoms with Crippen LogP contribution in [0.4, 0.5) is 0 Å². The summed E-state index contributed by atoms with van der Waals surface area (Å²) in [4.78, 5) is 0. The van der Waals surface area contributed by atoms with E-state index in [0.717, 1.165) is 5.56 Å². The quantitative estimate of drug-likeness (QED) is 0.746. The fourth-order valence-corrected chi connectivity index (χ4v) is 4.67. The third-order valence-corrected chi connectivity index (χ3v) is 6.01. The molecule has 1 N–H and O–H groups in total. The van der Waals surface area contributed by atoms with Gasteiger partial charge in [0.15, 0.2) is 0 Å². The lowest BCUT2D eigenvalue weighted by Gasteiger charge is -2.30. The average Bonchev–Trinajstić information content (AvgIpc) is 2.45. The fourth-order valence-electron chi connectivity index (χ4n) is 2.19. The molecule has 0 fully saturated rings. The van der Waals surface area contributed by atoms with Gasteiger partial charge in [0.05, 0.1) is 5.75 Å². The van der Waals surface area contributed by atoms with Gasteiger partial charge in [-0.15, -0.1) is 11.6 Å². The van der Waals surface area contributed by atoms with Crippen molar-refractivity contribution in [3.8, 4) is 0 Å². The summed E-state index contributed by atoms with van der Waals surface area (Å²) in [5.41, 5.74) is 0.499. The predicted molar refractivity (Wildman–Crippen MR) is 85.8 cm³/mol. The monoisotopic (exact) mass is 317 g/mol. The molecule has 1 unspecified atom stereocenters. The summed E-state index contributed by atoms with van der Waals surface area (Å²) in [5.74, 6) is 0.324. The van der Waals surface area contributed by atoms with Crippen molar-refractivity contribution in [3.63, 3.8) is 0 Å². The van der Waals surface area contributed by atoms with Crippen LogP contribution in [0.5, 0.6) is 0 Å². The first-order chi connectivity index (χ1) is 9.38. The van der Waals surface area contributed by atoms with Gasteiger partial charge in [0, 0.05) is 11.4 Å². The van der Waals surface area contributed by atoms with Crippen LogP contribution in [-0.4, -0.2) is 25.6 Å². The van der Waals surface area contributed by atoms with E-state index in [-0.39, 0.29) is 11.7 Å². The Morgan fingerprint density at radius 3 is 2.20 bits per heavy atom. The van der Waals surface area contributed by atoms with Gasteiger partial charge in [0.1, 0.15) is 0 Å². The summed E-state index contributed by atoms with van der Waals surface area (Å²) >= 11 is 5.96. The minimum Gasteiger partial charge on any atom is -0.212 e. The van der Waals surface area contributed by atoms with Crippen molar-refractivity contribution in [1.29, 1.82) is 0 Å². The number of halogens is 1. The fraction of sp³-hybridized carbons (Fsp3) is 0.600. The summed E-state index contributed by atoms with van der Waals surface area (Å²) in [6.07, 6.45) is 1.37. The van der Waals surface area contributed by atoms with E-state index in [0.29, 0.717) is 18.7 Å². The molecule has 5 heteroatoms. The SMILES string of the molecule is CCC(CC)(CCl)NS(=O)(=O)CC(C)c1ccccc1. The van der Waals surface area contributed by atoms with Gasteiger partial charge < -0.3 is 0 Å². The molecule has 0 spiro atoms. The first-order valence-electron chi connectivity index (χ1n) is 7.00. The second-order valence-corrected chi connectivity index (χ2v) is 7.35. The topological polar surface area (TPSA) is 46.2 Å². The molecule has 1 atom stereocenters. The van der Waals surface area contributed by atoms with Crippen LogP contribution in [0.2, 0.25) is 0 Å². The Hall–Kier alpha value is -0.580. The summed E-state index contributed by atoms with van der Waals surface area (Å²) in [6, 6.07) is 9.68. The molecular formula is C15H24ClNO2S. The van der Waals surface area contributed by atoms with Crippen molar-refractivity contribution in [1.82, 2.24) is 4.72 Å². The summed E-state index contributed by atoms with van der Waals surface area (Å²) in [7, 11) is -3.36. The van der Waals surface area contributed by atoms with E-state index in [2.05, 4.69) is 4.72 Å². The molecule has 114 valence electrons. The van der Waals surface area contributed by atoms with Crippen LogP contribution in [0.1, 0.15) is 45.1 Å². The van der Waals surface area contributed by atoms with Gasteiger partial charge >= 0.3 is 0 Å². The zero-order valence-electron chi connectivity index (χ0n) is 12.4. The molecule has 0 aliphatic rings. The molecule has 0 aliphatic heterocycles. The highest BCUT2D eigenvalue weighted by atomic mass is 35.5. The zero-order valence-corrected chi connectivity index (χ0v) is 14.0. The van der Waals surface area contributed by atoms with E-state index in [1.165, 1.54) is 0 Å². The summed E-state index contributed by atoms with van der Waals surface area (Å²) in [5, 5.41) is 0. The van der Waals surface area contributed by atoms with Crippen molar-refractivity contribution < 1.29 is 8.42 Å². The van der Waals surface area contributed by atoms with Crippen LogP contribution in [0, 0.1) is 0 Å². The van der Waals surface area contributed by atoms with E-state index in [9.17, 15) is 8.42 Å². The van der Waals surface area contributed by atoms with E-state index in [4.69, 9.17) is 11.6 Å². The number of hydrogen-bond acceptors (Lipinski definition) is 2. The number of sulfonamides is 1. The van der Waals surface area contributed by atoms with Crippen LogP contribution < -0.4 is 4.72 Å². The smallest absolute Gasteiger partial charge is 0.212 e. The molecule has 0 amide bonds. The van der Waals surface area contributed by atoms with Crippen molar-refractivity contribution in [2.75, 3.05) is 11.6 Å². The first kappa shape index (κ1) is 17.5. The van der Waals surface area contributed by atoms with Crippen LogP contribution in [0.25, 0.3) is 0 Å². The van der Waals surface area contributed by atoms with Crippen LogP contribution in [-0.2, 0) is 10.0 Å². The molecular weight excluding hydrogens is 294 g/mol. The number of nitrogens with one attached hydrogen (secondary N) is 1. The van der Waals surface area contributed by atoms with E-state index in [1.807, 2.05) is 51.1 Å². The normalized spacial score (nSPS) is 14.2. The predicted octanol–water partition coefficient (Wildman–Crippen LogP) is 3.51. The standard InChI is InChI=1S/C15H24ClNO2S/c1-4-15(5-2,12-16)17-20(18,19)11-13(3)14-9-7-6-8-10-14/h6-10,13,17H,4-5,11-12H2,1-3H3. The molecule has 0 heterocycles. The largest absolute Gasteiger partial charge is 0.212 e. The minimum atomic E-state index is -3.36. The maximum absolute atomic E-state index is 12.3. The summed E-state index contributed by atoms with van der Waals surface area (Å²) in [6.45, 7) is 5.83. The lowest BCUT2D eigenvalue weighted by Crippen LogP contribution is -2.50. The Morgan fingerprint density at radius 2 is 1.75 bits per heavy atom. The Labute approximate surface area is 127 Å². The van der Waals surface area contributed by atoms with Crippen molar-refractivity contribution in [2.24, 2.45) is 0 Å². The van der Waals surface area contributed by atoms with Gasteiger partial charge in [0.25, 0.3) is 0 Å². The van der Waals surface area contributed by atoms with Gasteiger partial charge in [-0.05, 0) is 24.3 Å². The van der Waals surface area contributed by atoms with Gasteiger partial charge in [-0.2, -0.15) is 0 Å². The van der Waals surface area contributed by atoms with Gasteiger partial charge in [-0.1, -0.05) is 51.1 Å². The van der Waals surface area contributed by atoms with E-state index < -0.39 is 15.6 Å². The van der Waals surface area contributed by atoms with Crippen LogP contribution in [0.3, 0.4) is 0 Å². The second kappa shape index (κ2) is 7.43. The van der Waals surface area contributed by atoms with Gasteiger partial charge in [-0.3, -0.25) is 0 Å². The number of benzene rings is 1. The van der Waals surface area contributed by atoms with Gasteiger partial charge in [0.2, 0.25) is 10.0 Å². The highest BCUT2D eigenvalue weighted by Crippen LogP contribution is 2.21. The minimum absolute atomic E-state index is 0.0459. The molecule has 0 aliphatic carbocycles. The Kier molecular flexibility index (Phi) is 6.49. The maximum Gasteiger partial charge on any atom is 0.212 e. The molecule has 0 saturated heterocycles. The Morgan fingerprint density at radius 1 is 1.20 bits per heavy atom. The molecule has 0 bridgehead atoms. The van der Waals surface area contributed by atoms with Gasteiger partial charge in [-0.25, -0.2) is 13.1 Å². The van der Waals surface area contributed by atoms with E-state index in [1.54, 1.807) is 0 Å². The molecule has 0 saturated carbocycles. The summed E-state index contributed by atoms with van der Waals surface area (Å²) < 4.78 is 27.5. The highest BCUT2D eigenvalue weighted by molar-refractivity contribution is 7.89. The maximum atomic E-state index is 12.3. The molecule has 1 aromatic rings. The molecule has 1 rings (SSSR count). The first-order valence-corrected chi connectivity index (χ1v) is 9.19. The highest BCUT2D eigenvalue weighted by Gasteiger charge is 2.31.